The standard InChI is InChI=1S/C7H4F2N2O2/c8-6(9)3-1-5(12)11-7(13)4(3)2-10/h1,6H,(H2,11,12,13). The molecule has 0 aromatic carbocycles. The monoisotopic (exact) mass is 186 g/mol. The molecule has 0 aliphatic carbocycles. The summed E-state index contributed by atoms with van der Waals surface area (Å²) in [6, 6.07) is 1.99. The van der Waals surface area contributed by atoms with Crippen molar-refractivity contribution in [2.75, 3.05) is 0 Å². The molecule has 0 amide bonds. The lowest BCUT2D eigenvalue weighted by molar-refractivity contribution is 0.150. The van der Waals surface area contributed by atoms with Crippen molar-refractivity contribution in [2.24, 2.45) is 0 Å². The maximum absolute atomic E-state index is 12.2. The first-order valence-electron chi connectivity index (χ1n) is 3.20. The second-order valence-corrected chi connectivity index (χ2v) is 2.23. The second kappa shape index (κ2) is 3.23. The van der Waals surface area contributed by atoms with Crippen molar-refractivity contribution in [1.82, 2.24) is 4.98 Å². The number of hydrogen-bond donors (Lipinski definition) is 2. The molecule has 0 spiro atoms. The highest BCUT2D eigenvalue weighted by Gasteiger charge is 2.16. The van der Waals surface area contributed by atoms with E-state index in [1.54, 1.807) is 0 Å². The maximum atomic E-state index is 12.2. The number of aromatic hydroxyl groups is 1. The lowest BCUT2D eigenvalue weighted by atomic mass is 10.1. The van der Waals surface area contributed by atoms with Crippen LogP contribution in [0, 0.1) is 11.3 Å². The van der Waals surface area contributed by atoms with Crippen LogP contribution in [0.15, 0.2) is 10.9 Å². The van der Waals surface area contributed by atoms with Crippen molar-refractivity contribution in [3.8, 4) is 11.9 Å². The highest BCUT2D eigenvalue weighted by Crippen LogP contribution is 2.22. The number of nitriles is 1. The number of hydrogen-bond acceptors (Lipinski definition) is 3. The SMILES string of the molecule is N#Cc1c(C(F)F)cc(O)[nH]c1=O. The van der Waals surface area contributed by atoms with Crippen molar-refractivity contribution >= 4 is 0 Å². The largest absolute Gasteiger partial charge is 0.494 e. The number of rotatable bonds is 1. The molecule has 0 aliphatic rings. The Kier molecular flexibility index (Phi) is 2.28. The van der Waals surface area contributed by atoms with Crippen LogP contribution >= 0.6 is 0 Å². The third kappa shape index (κ3) is 1.64. The van der Waals surface area contributed by atoms with Gasteiger partial charge in [-0.05, 0) is 0 Å². The Morgan fingerprint density at radius 2 is 2.23 bits per heavy atom. The third-order valence-electron chi connectivity index (χ3n) is 1.40. The van der Waals surface area contributed by atoms with Crippen molar-refractivity contribution in [3.05, 3.63) is 27.5 Å². The molecule has 0 bridgehead atoms. The molecule has 1 heterocycles. The van der Waals surface area contributed by atoms with Crippen LogP contribution in [0.3, 0.4) is 0 Å². The molecule has 0 aliphatic heterocycles. The molecule has 1 aromatic heterocycles. The lowest BCUT2D eigenvalue weighted by Gasteiger charge is -2.01. The Balaban J connectivity index is 3.50. The van der Waals surface area contributed by atoms with E-state index in [2.05, 4.69) is 0 Å². The van der Waals surface area contributed by atoms with Crippen LogP contribution in [-0.4, -0.2) is 10.1 Å². The van der Waals surface area contributed by atoms with Gasteiger partial charge >= 0.3 is 0 Å². The lowest BCUT2D eigenvalue weighted by Crippen LogP contribution is -2.12. The van der Waals surface area contributed by atoms with E-state index in [4.69, 9.17) is 10.4 Å². The summed E-state index contributed by atoms with van der Waals surface area (Å²) in [4.78, 5) is 12.7. The van der Waals surface area contributed by atoms with Crippen LogP contribution in [0.25, 0.3) is 0 Å². The highest BCUT2D eigenvalue weighted by atomic mass is 19.3. The summed E-state index contributed by atoms with van der Waals surface area (Å²) in [5.74, 6) is -0.681. The molecule has 0 atom stereocenters. The van der Waals surface area contributed by atoms with Crippen LogP contribution in [0.5, 0.6) is 5.88 Å². The number of nitrogens with zero attached hydrogens (tertiary/aromatic N) is 1. The third-order valence-corrected chi connectivity index (χ3v) is 1.40. The summed E-state index contributed by atoms with van der Waals surface area (Å²) >= 11 is 0. The molecule has 0 saturated carbocycles. The molecule has 2 N–H and O–H groups in total. The van der Waals surface area contributed by atoms with Gasteiger partial charge in [-0.2, -0.15) is 5.26 Å². The Morgan fingerprint density at radius 3 is 2.69 bits per heavy atom. The van der Waals surface area contributed by atoms with E-state index < -0.39 is 29.0 Å². The average molecular weight is 186 g/mol. The van der Waals surface area contributed by atoms with E-state index in [1.165, 1.54) is 6.07 Å². The van der Waals surface area contributed by atoms with Crippen LogP contribution in [0.4, 0.5) is 8.78 Å². The Hall–Kier alpha value is -1.90. The summed E-state index contributed by atoms with van der Waals surface area (Å²) in [5.41, 5.74) is -2.45. The Morgan fingerprint density at radius 1 is 1.62 bits per heavy atom. The molecule has 0 radical (unpaired) electrons. The van der Waals surface area contributed by atoms with E-state index in [0.29, 0.717) is 6.07 Å². The minimum Gasteiger partial charge on any atom is -0.494 e. The average Bonchev–Trinajstić information content (AvgIpc) is 2.02. The summed E-state index contributed by atoms with van der Waals surface area (Å²) in [6.07, 6.45) is -2.96. The maximum Gasteiger partial charge on any atom is 0.269 e. The molecule has 0 unspecified atom stereocenters. The minimum atomic E-state index is -2.96. The van der Waals surface area contributed by atoms with E-state index in [0.717, 1.165) is 0 Å². The first-order chi connectivity index (χ1) is 6.06. The number of halogens is 2. The zero-order valence-electron chi connectivity index (χ0n) is 6.21. The van der Waals surface area contributed by atoms with E-state index in [-0.39, 0.29) is 0 Å². The van der Waals surface area contributed by atoms with E-state index in [9.17, 15) is 13.6 Å². The fourth-order valence-electron chi connectivity index (χ4n) is 0.853. The minimum absolute atomic E-state index is 0.657. The zero-order valence-corrected chi connectivity index (χ0v) is 6.21. The summed E-state index contributed by atoms with van der Waals surface area (Å²) in [6.45, 7) is 0. The van der Waals surface area contributed by atoms with Gasteiger partial charge in [0.1, 0.15) is 11.6 Å². The topological polar surface area (TPSA) is 76.9 Å². The Labute approximate surface area is 71.1 Å². The molecule has 1 rings (SSSR count). The van der Waals surface area contributed by atoms with Crippen LogP contribution in [-0.2, 0) is 0 Å². The predicted molar refractivity (Wildman–Crippen MR) is 38.4 cm³/mol. The van der Waals surface area contributed by atoms with Gasteiger partial charge in [-0.1, -0.05) is 0 Å². The van der Waals surface area contributed by atoms with Gasteiger partial charge in [-0.3, -0.25) is 9.78 Å². The van der Waals surface area contributed by atoms with E-state index >= 15 is 0 Å². The highest BCUT2D eigenvalue weighted by molar-refractivity contribution is 5.38. The molecule has 0 fully saturated rings. The molecular weight excluding hydrogens is 182 g/mol. The first-order valence-corrected chi connectivity index (χ1v) is 3.20. The van der Waals surface area contributed by atoms with Crippen molar-refractivity contribution in [1.29, 1.82) is 5.26 Å². The van der Waals surface area contributed by atoms with Gasteiger partial charge in [-0.25, -0.2) is 8.78 Å². The van der Waals surface area contributed by atoms with Crippen LogP contribution in [0.2, 0.25) is 0 Å². The molecule has 68 valence electrons. The first kappa shape index (κ1) is 9.19. The number of nitrogens with one attached hydrogen (secondary N) is 1. The number of pyridine rings is 1. The number of H-pyrrole nitrogens is 1. The normalized spacial score (nSPS) is 10.0. The van der Waals surface area contributed by atoms with Crippen molar-refractivity contribution in [2.45, 2.75) is 6.43 Å². The van der Waals surface area contributed by atoms with Gasteiger partial charge in [0.25, 0.3) is 12.0 Å². The zero-order chi connectivity index (χ0) is 10.0. The molecule has 13 heavy (non-hydrogen) atoms. The van der Waals surface area contributed by atoms with Gasteiger partial charge in [0.2, 0.25) is 0 Å². The van der Waals surface area contributed by atoms with Gasteiger partial charge in [0, 0.05) is 11.6 Å². The smallest absolute Gasteiger partial charge is 0.269 e. The van der Waals surface area contributed by atoms with Gasteiger partial charge < -0.3 is 5.11 Å². The van der Waals surface area contributed by atoms with Crippen LogP contribution < -0.4 is 5.56 Å². The molecule has 4 nitrogen and oxygen atoms in total. The van der Waals surface area contributed by atoms with Gasteiger partial charge in [0.15, 0.2) is 5.88 Å². The summed E-state index contributed by atoms with van der Waals surface area (Å²) < 4.78 is 24.3. The predicted octanol–water partition coefficient (Wildman–Crippen LogP) is 0.890. The molecule has 6 heteroatoms. The molecular formula is C7H4F2N2O2. The fourth-order valence-corrected chi connectivity index (χ4v) is 0.853. The van der Waals surface area contributed by atoms with Gasteiger partial charge in [-0.15, -0.1) is 0 Å². The molecule has 1 aromatic rings. The number of aromatic amines is 1. The van der Waals surface area contributed by atoms with Crippen LogP contribution in [0.1, 0.15) is 17.6 Å². The van der Waals surface area contributed by atoms with Crippen molar-refractivity contribution in [3.63, 3.8) is 0 Å². The number of aromatic nitrogens is 1. The molecule has 0 saturated heterocycles. The van der Waals surface area contributed by atoms with Gasteiger partial charge in [0.05, 0.1) is 0 Å². The Bertz CT molecular complexity index is 419. The second-order valence-electron chi connectivity index (χ2n) is 2.23. The van der Waals surface area contributed by atoms with E-state index in [1.807, 2.05) is 4.98 Å². The quantitative estimate of drug-likeness (QED) is 0.683. The summed E-state index contributed by atoms with van der Waals surface area (Å²) in [5, 5.41) is 17.1. The summed E-state index contributed by atoms with van der Waals surface area (Å²) in [7, 11) is 0. The number of alkyl halides is 2. The van der Waals surface area contributed by atoms with Crippen molar-refractivity contribution < 1.29 is 13.9 Å². The fraction of sp³-hybridized carbons (Fsp3) is 0.143.